The van der Waals surface area contributed by atoms with Gasteiger partial charge in [0.1, 0.15) is 17.2 Å². The Bertz CT molecular complexity index is 1270. The van der Waals surface area contributed by atoms with E-state index in [1.807, 2.05) is 66.7 Å². The molecule has 0 spiro atoms. The van der Waals surface area contributed by atoms with Crippen molar-refractivity contribution in [2.45, 2.75) is 6.61 Å². The fourth-order valence-electron chi connectivity index (χ4n) is 3.52. The smallest absolute Gasteiger partial charge is 0.348 e. The Morgan fingerprint density at radius 3 is 2.73 bits per heavy atom. The number of carbonyl (C=O) groups excluding carboxylic acids is 2. The number of para-hydroxylation sites is 1. The Balaban J connectivity index is 1.27. The molecule has 1 amide bonds. The first kappa shape index (κ1) is 18.4. The molecule has 0 fully saturated rings. The highest BCUT2D eigenvalue weighted by Crippen LogP contribution is 2.42. The van der Waals surface area contributed by atoms with Gasteiger partial charge in [-0.05, 0) is 29.7 Å². The Morgan fingerprint density at radius 1 is 1.00 bits per heavy atom. The molecule has 0 aliphatic carbocycles. The number of anilines is 1. The van der Waals surface area contributed by atoms with Crippen LogP contribution in [-0.4, -0.2) is 18.5 Å². The predicted octanol–water partition coefficient (Wildman–Crippen LogP) is 5.26. The SMILES string of the molecule is O=C(COC(=O)c1cc2c(s1)-c1ccccc1OC2)Nc1cccc2ccccc12. The van der Waals surface area contributed by atoms with E-state index in [1.54, 1.807) is 6.07 Å². The number of hydrogen-bond donors (Lipinski definition) is 1. The maximum atomic E-state index is 12.5. The summed E-state index contributed by atoms with van der Waals surface area (Å²) >= 11 is 1.36. The third-order valence-corrected chi connectivity index (χ3v) is 6.11. The predicted molar refractivity (Wildman–Crippen MR) is 117 cm³/mol. The summed E-state index contributed by atoms with van der Waals surface area (Å²) in [6.07, 6.45) is 0. The van der Waals surface area contributed by atoms with E-state index < -0.39 is 5.97 Å². The lowest BCUT2D eigenvalue weighted by molar-refractivity contribution is -0.119. The quantitative estimate of drug-likeness (QED) is 0.462. The maximum absolute atomic E-state index is 12.5. The molecule has 1 aliphatic heterocycles. The fraction of sp³-hybridized carbons (Fsp3) is 0.0833. The Morgan fingerprint density at radius 2 is 1.80 bits per heavy atom. The highest BCUT2D eigenvalue weighted by atomic mass is 32.1. The fourth-order valence-corrected chi connectivity index (χ4v) is 4.61. The molecular weight excluding hydrogens is 398 g/mol. The van der Waals surface area contributed by atoms with E-state index in [0.717, 1.165) is 32.5 Å². The van der Waals surface area contributed by atoms with Crippen LogP contribution in [0.4, 0.5) is 5.69 Å². The van der Waals surface area contributed by atoms with Crippen LogP contribution in [0.2, 0.25) is 0 Å². The second kappa shape index (κ2) is 7.65. The van der Waals surface area contributed by atoms with Crippen LogP contribution in [0.1, 0.15) is 15.2 Å². The molecule has 0 bridgehead atoms. The van der Waals surface area contributed by atoms with Gasteiger partial charge in [-0.15, -0.1) is 11.3 Å². The van der Waals surface area contributed by atoms with Crippen LogP contribution < -0.4 is 10.1 Å². The average molecular weight is 415 g/mol. The molecule has 0 unspecified atom stereocenters. The van der Waals surface area contributed by atoms with Crippen LogP contribution in [-0.2, 0) is 16.1 Å². The van der Waals surface area contributed by atoms with Crippen molar-refractivity contribution in [1.29, 1.82) is 0 Å². The van der Waals surface area contributed by atoms with Crippen molar-refractivity contribution in [3.05, 3.63) is 83.2 Å². The van der Waals surface area contributed by atoms with Gasteiger partial charge in [-0.2, -0.15) is 0 Å². The third kappa shape index (κ3) is 3.42. The average Bonchev–Trinajstić information content (AvgIpc) is 3.23. The molecule has 0 saturated heterocycles. The minimum Gasteiger partial charge on any atom is -0.488 e. The summed E-state index contributed by atoms with van der Waals surface area (Å²) in [5.41, 5.74) is 2.61. The topological polar surface area (TPSA) is 64.6 Å². The van der Waals surface area contributed by atoms with Crippen molar-refractivity contribution in [1.82, 2.24) is 0 Å². The standard InChI is InChI=1S/C24H17NO4S/c26-22(25-19-10-5-7-15-6-1-2-8-17(15)19)14-29-24(27)21-12-16-13-28-20-11-4-3-9-18(20)23(16)30-21/h1-12H,13-14H2,(H,25,26). The van der Waals surface area contributed by atoms with E-state index in [-0.39, 0.29) is 12.5 Å². The molecule has 0 saturated carbocycles. The number of thiophene rings is 1. The summed E-state index contributed by atoms with van der Waals surface area (Å²) in [5.74, 6) is -0.0871. The zero-order chi connectivity index (χ0) is 20.5. The molecular formula is C24H17NO4S. The second-order valence-corrected chi connectivity index (χ2v) is 7.95. The van der Waals surface area contributed by atoms with Gasteiger partial charge in [-0.3, -0.25) is 4.79 Å². The van der Waals surface area contributed by atoms with Gasteiger partial charge < -0.3 is 14.8 Å². The van der Waals surface area contributed by atoms with Gasteiger partial charge >= 0.3 is 5.97 Å². The lowest BCUT2D eigenvalue weighted by Crippen LogP contribution is -2.20. The molecule has 5 nitrogen and oxygen atoms in total. The molecule has 4 aromatic rings. The number of nitrogens with one attached hydrogen (secondary N) is 1. The van der Waals surface area contributed by atoms with Gasteiger partial charge in [0, 0.05) is 27.1 Å². The number of carbonyl (C=O) groups is 2. The molecule has 30 heavy (non-hydrogen) atoms. The van der Waals surface area contributed by atoms with Gasteiger partial charge in [0.15, 0.2) is 6.61 Å². The van der Waals surface area contributed by atoms with Crippen LogP contribution in [0.5, 0.6) is 5.75 Å². The monoisotopic (exact) mass is 415 g/mol. The minimum atomic E-state index is -0.514. The van der Waals surface area contributed by atoms with Gasteiger partial charge in [0.2, 0.25) is 0 Å². The van der Waals surface area contributed by atoms with Crippen LogP contribution in [0, 0.1) is 0 Å². The molecule has 6 heteroatoms. The number of amides is 1. The zero-order valence-electron chi connectivity index (χ0n) is 15.9. The van der Waals surface area contributed by atoms with Crippen molar-refractivity contribution >= 4 is 39.7 Å². The van der Waals surface area contributed by atoms with Gasteiger partial charge in [0.05, 0.1) is 0 Å². The number of ether oxygens (including phenoxy) is 2. The van der Waals surface area contributed by atoms with Crippen LogP contribution in [0.25, 0.3) is 21.2 Å². The Hall–Kier alpha value is -3.64. The van der Waals surface area contributed by atoms with E-state index in [1.165, 1.54) is 11.3 Å². The van der Waals surface area contributed by atoms with Gasteiger partial charge in [-0.1, -0.05) is 48.5 Å². The number of hydrogen-bond acceptors (Lipinski definition) is 5. The van der Waals surface area contributed by atoms with Crippen molar-refractivity contribution in [2.24, 2.45) is 0 Å². The molecule has 1 aliphatic rings. The number of benzene rings is 3. The van der Waals surface area contributed by atoms with Crippen molar-refractivity contribution in [2.75, 3.05) is 11.9 Å². The zero-order valence-corrected chi connectivity index (χ0v) is 16.7. The van der Waals surface area contributed by atoms with Crippen LogP contribution in [0.15, 0.2) is 72.8 Å². The highest BCUT2D eigenvalue weighted by Gasteiger charge is 2.23. The molecule has 0 atom stereocenters. The Labute approximate surface area is 176 Å². The maximum Gasteiger partial charge on any atom is 0.348 e. The van der Waals surface area contributed by atoms with Crippen molar-refractivity contribution in [3.63, 3.8) is 0 Å². The molecule has 2 heterocycles. The van der Waals surface area contributed by atoms with Gasteiger partial charge in [-0.25, -0.2) is 4.79 Å². The van der Waals surface area contributed by atoms with Crippen LogP contribution >= 0.6 is 11.3 Å². The Kier molecular flexibility index (Phi) is 4.69. The van der Waals surface area contributed by atoms with E-state index >= 15 is 0 Å². The molecule has 1 aromatic heterocycles. The minimum absolute atomic E-state index is 0.349. The highest BCUT2D eigenvalue weighted by molar-refractivity contribution is 7.17. The lowest BCUT2D eigenvalue weighted by Gasteiger charge is -2.16. The summed E-state index contributed by atoms with van der Waals surface area (Å²) in [6, 6.07) is 23.0. The number of esters is 1. The van der Waals surface area contributed by atoms with Gasteiger partial charge in [0.25, 0.3) is 5.91 Å². The molecule has 5 rings (SSSR count). The summed E-state index contributed by atoms with van der Waals surface area (Å²) in [5, 5.41) is 4.78. The second-order valence-electron chi connectivity index (χ2n) is 6.90. The molecule has 1 N–H and O–H groups in total. The largest absolute Gasteiger partial charge is 0.488 e. The first-order valence-corrected chi connectivity index (χ1v) is 10.3. The normalized spacial score (nSPS) is 11.9. The summed E-state index contributed by atoms with van der Waals surface area (Å²) in [6.45, 7) is 0.0649. The lowest BCUT2D eigenvalue weighted by atomic mass is 10.1. The van der Waals surface area contributed by atoms with E-state index in [0.29, 0.717) is 17.2 Å². The van der Waals surface area contributed by atoms with E-state index in [9.17, 15) is 9.59 Å². The van der Waals surface area contributed by atoms with Crippen molar-refractivity contribution < 1.29 is 19.1 Å². The first-order chi connectivity index (χ1) is 14.7. The number of rotatable bonds is 4. The summed E-state index contributed by atoms with van der Waals surface area (Å²) < 4.78 is 11.0. The van der Waals surface area contributed by atoms with E-state index in [2.05, 4.69) is 5.32 Å². The van der Waals surface area contributed by atoms with E-state index in [4.69, 9.17) is 9.47 Å². The third-order valence-electron chi connectivity index (χ3n) is 4.92. The molecule has 0 radical (unpaired) electrons. The molecule has 3 aromatic carbocycles. The number of fused-ring (bicyclic) bond motifs is 4. The summed E-state index contributed by atoms with van der Waals surface area (Å²) in [7, 11) is 0. The van der Waals surface area contributed by atoms with Crippen molar-refractivity contribution in [3.8, 4) is 16.2 Å². The summed E-state index contributed by atoms with van der Waals surface area (Å²) in [4.78, 5) is 26.3. The molecule has 148 valence electrons. The first-order valence-electron chi connectivity index (χ1n) is 9.49. The van der Waals surface area contributed by atoms with Crippen LogP contribution in [0.3, 0.4) is 0 Å².